The fourth-order valence-corrected chi connectivity index (χ4v) is 1.51. The zero-order valence-electron chi connectivity index (χ0n) is 7.32. The van der Waals surface area contributed by atoms with E-state index in [-0.39, 0.29) is 0 Å². The second kappa shape index (κ2) is 2.98. The van der Waals surface area contributed by atoms with E-state index in [1.807, 2.05) is 31.2 Å². The highest BCUT2D eigenvalue weighted by Gasteiger charge is 2.02. The number of pyridine rings is 1. The molecule has 0 aliphatic rings. The van der Waals surface area contributed by atoms with Crippen LogP contribution in [0.15, 0.2) is 30.5 Å². The number of aldehydes is 1. The van der Waals surface area contributed by atoms with Gasteiger partial charge in [-0.25, -0.2) is 0 Å². The number of benzene rings is 1. The third-order valence-corrected chi connectivity index (χ3v) is 2.13. The number of aryl methyl sites for hydroxylation is 1. The SMILES string of the molecule is Cc1ccnc2cccc(C=O)c12. The summed E-state index contributed by atoms with van der Waals surface area (Å²) in [6.45, 7) is 1.98. The van der Waals surface area contributed by atoms with E-state index >= 15 is 0 Å². The molecule has 0 N–H and O–H groups in total. The molecule has 2 nitrogen and oxygen atoms in total. The Morgan fingerprint density at radius 3 is 2.92 bits per heavy atom. The van der Waals surface area contributed by atoms with Gasteiger partial charge in [-0.05, 0) is 24.6 Å². The lowest BCUT2D eigenvalue weighted by molar-refractivity contribution is 0.112. The van der Waals surface area contributed by atoms with Crippen molar-refractivity contribution in [3.8, 4) is 0 Å². The zero-order valence-corrected chi connectivity index (χ0v) is 7.32. The summed E-state index contributed by atoms with van der Waals surface area (Å²) >= 11 is 0. The van der Waals surface area contributed by atoms with Gasteiger partial charge in [0.2, 0.25) is 0 Å². The van der Waals surface area contributed by atoms with Gasteiger partial charge in [-0.15, -0.1) is 0 Å². The first-order chi connectivity index (χ1) is 6.33. The molecule has 1 aromatic carbocycles. The van der Waals surface area contributed by atoms with Crippen LogP contribution in [0.25, 0.3) is 10.9 Å². The standard InChI is InChI=1S/C11H9NO/c1-8-5-6-12-10-4-2-3-9(7-13)11(8)10/h2-7H,1H3. The Morgan fingerprint density at radius 1 is 1.31 bits per heavy atom. The Morgan fingerprint density at radius 2 is 2.15 bits per heavy atom. The third kappa shape index (κ3) is 1.20. The molecule has 13 heavy (non-hydrogen) atoms. The van der Waals surface area contributed by atoms with E-state index in [0.29, 0.717) is 5.56 Å². The van der Waals surface area contributed by atoms with Gasteiger partial charge >= 0.3 is 0 Å². The van der Waals surface area contributed by atoms with E-state index in [1.165, 1.54) is 0 Å². The second-order valence-electron chi connectivity index (χ2n) is 2.99. The Kier molecular flexibility index (Phi) is 1.81. The highest BCUT2D eigenvalue weighted by atomic mass is 16.1. The molecule has 0 aliphatic carbocycles. The molecule has 2 rings (SSSR count). The molecule has 0 saturated heterocycles. The van der Waals surface area contributed by atoms with Crippen LogP contribution in [0.5, 0.6) is 0 Å². The number of aromatic nitrogens is 1. The van der Waals surface area contributed by atoms with E-state index in [1.54, 1.807) is 6.20 Å². The van der Waals surface area contributed by atoms with Gasteiger partial charge in [0.15, 0.2) is 6.29 Å². The largest absolute Gasteiger partial charge is 0.298 e. The van der Waals surface area contributed by atoms with Gasteiger partial charge in [-0.1, -0.05) is 12.1 Å². The number of hydrogen-bond donors (Lipinski definition) is 0. The van der Waals surface area contributed by atoms with Crippen molar-refractivity contribution in [1.29, 1.82) is 0 Å². The van der Waals surface area contributed by atoms with Gasteiger partial charge in [0, 0.05) is 17.1 Å². The van der Waals surface area contributed by atoms with Crippen LogP contribution >= 0.6 is 0 Å². The summed E-state index contributed by atoms with van der Waals surface area (Å²) in [7, 11) is 0. The number of hydrogen-bond acceptors (Lipinski definition) is 2. The van der Waals surface area contributed by atoms with Crippen LogP contribution in [0.2, 0.25) is 0 Å². The molecule has 0 unspecified atom stereocenters. The fourth-order valence-electron chi connectivity index (χ4n) is 1.51. The van der Waals surface area contributed by atoms with Gasteiger partial charge in [0.05, 0.1) is 5.52 Å². The Labute approximate surface area is 76.2 Å². The molecule has 0 spiro atoms. The first kappa shape index (κ1) is 7.92. The van der Waals surface area contributed by atoms with Crippen LogP contribution in [-0.4, -0.2) is 11.3 Å². The summed E-state index contributed by atoms with van der Waals surface area (Å²) in [5.41, 5.74) is 2.68. The lowest BCUT2D eigenvalue weighted by atomic mass is 10.1. The highest BCUT2D eigenvalue weighted by Crippen LogP contribution is 2.18. The zero-order chi connectivity index (χ0) is 9.26. The third-order valence-electron chi connectivity index (χ3n) is 2.13. The average molecular weight is 171 g/mol. The number of carbonyl (C=O) groups excluding carboxylic acids is 1. The van der Waals surface area contributed by atoms with Crippen molar-refractivity contribution in [2.75, 3.05) is 0 Å². The van der Waals surface area contributed by atoms with Crippen molar-refractivity contribution in [1.82, 2.24) is 4.98 Å². The molecule has 0 aliphatic heterocycles. The number of carbonyl (C=O) groups is 1. The lowest BCUT2D eigenvalue weighted by Crippen LogP contribution is -1.88. The van der Waals surface area contributed by atoms with Crippen molar-refractivity contribution >= 4 is 17.2 Å². The van der Waals surface area contributed by atoms with E-state index in [2.05, 4.69) is 4.98 Å². The van der Waals surface area contributed by atoms with Crippen molar-refractivity contribution in [3.05, 3.63) is 41.6 Å². The van der Waals surface area contributed by atoms with Crippen LogP contribution in [0.1, 0.15) is 15.9 Å². The van der Waals surface area contributed by atoms with E-state index < -0.39 is 0 Å². The Hall–Kier alpha value is -1.70. The Bertz CT molecular complexity index is 457. The normalized spacial score (nSPS) is 10.2. The van der Waals surface area contributed by atoms with Crippen LogP contribution < -0.4 is 0 Å². The van der Waals surface area contributed by atoms with E-state index in [4.69, 9.17) is 0 Å². The van der Waals surface area contributed by atoms with E-state index in [0.717, 1.165) is 22.8 Å². The van der Waals surface area contributed by atoms with Crippen LogP contribution in [0.4, 0.5) is 0 Å². The second-order valence-corrected chi connectivity index (χ2v) is 2.99. The summed E-state index contributed by atoms with van der Waals surface area (Å²) in [6.07, 6.45) is 2.63. The predicted molar refractivity (Wildman–Crippen MR) is 51.9 cm³/mol. The molecular weight excluding hydrogens is 162 g/mol. The van der Waals surface area contributed by atoms with Crippen molar-refractivity contribution in [3.63, 3.8) is 0 Å². The highest BCUT2D eigenvalue weighted by molar-refractivity contribution is 5.98. The molecule has 0 amide bonds. The fraction of sp³-hybridized carbons (Fsp3) is 0.0909. The molecule has 1 heterocycles. The molecule has 0 saturated carbocycles. The van der Waals surface area contributed by atoms with Gasteiger partial charge < -0.3 is 0 Å². The lowest BCUT2D eigenvalue weighted by Gasteiger charge is -2.02. The van der Waals surface area contributed by atoms with Crippen molar-refractivity contribution in [2.24, 2.45) is 0 Å². The molecule has 0 bridgehead atoms. The van der Waals surface area contributed by atoms with E-state index in [9.17, 15) is 4.79 Å². The quantitative estimate of drug-likeness (QED) is 0.616. The molecular formula is C11H9NO. The van der Waals surface area contributed by atoms with Crippen LogP contribution in [0, 0.1) is 6.92 Å². The van der Waals surface area contributed by atoms with Gasteiger partial charge in [0.25, 0.3) is 0 Å². The van der Waals surface area contributed by atoms with Gasteiger partial charge in [-0.2, -0.15) is 0 Å². The maximum Gasteiger partial charge on any atom is 0.150 e. The summed E-state index contributed by atoms with van der Waals surface area (Å²) in [4.78, 5) is 14.9. The minimum atomic E-state index is 0.711. The molecule has 2 aromatic rings. The van der Waals surface area contributed by atoms with Gasteiger partial charge in [-0.3, -0.25) is 9.78 Å². The van der Waals surface area contributed by atoms with Crippen molar-refractivity contribution in [2.45, 2.75) is 6.92 Å². The number of nitrogens with zero attached hydrogens (tertiary/aromatic N) is 1. The first-order valence-electron chi connectivity index (χ1n) is 4.12. The topological polar surface area (TPSA) is 30.0 Å². The maximum absolute atomic E-state index is 10.7. The minimum absolute atomic E-state index is 0.711. The maximum atomic E-state index is 10.7. The smallest absolute Gasteiger partial charge is 0.150 e. The summed E-state index contributed by atoms with van der Waals surface area (Å²) in [6, 6.07) is 7.48. The molecule has 2 heteroatoms. The predicted octanol–water partition coefficient (Wildman–Crippen LogP) is 2.36. The summed E-state index contributed by atoms with van der Waals surface area (Å²) < 4.78 is 0. The molecule has 0 atom stereocenters. The molecule has 1 aromatic heterocycles. The first-order valence-corrected chi connectivity index (χ1v) is 4.12. The molecule has 64 valence electrons. The Balaban J connectivity index is 2.94. The van der Waals surface area contributed by atoms with Gasteiger partial charge in [0.1, 0.15) is 0 Å². The minimum Gasteiger partial charge on any atom is -0.298 e. The molecule has 0 radical (unpaired) electrons. The summed E-state index contributed by atoms with van der Waals surface area (Å²) in [5, 5.41) is 0.958. The number of rotatable bonds is 1. The summed E-state index contributed by atoms with van der Waals surface area (Å²) in [5.74, 6) is 0. The van der Waals surface area contributed by atoms with Crippen molar-refractivity contribution < 1.29 is 4.79 Å². The molecule has 0 fully saturated rings. The van der Waals surface area contributed by atoms with Crippen LogP contribution in [0.3, 0.4) is 0 Å². The monoisotopic (exact) mass is 171 g/mol. The number of fused-ring (bicyclic) bond motifs is 1. The van der Waals surface area contributed by atoms with Crippen LogP contribution in [-0.2, 0) is 0 Å². The average Bonchev–Trinajstić information content (AvgIpc) is 2.17.